The summed E-state index contributed by atoms with van der Waals surface area (Å²) in [5.41, 5.74) is -1.90. The molecular weight excluding hydrogens is 412 g/mol. The fourth-order valence-electron chi connectivity index (χ4n) is 2.97. The molecule has 162 valence electrons. The first-order valence-corrected chi connectivity index (χ1v) is 8.82. The third-order valence-electron chi connectivity index (χ3n) is 4.50. The molecule has 0 fully saturated rings. The van der Waals surface area contributed by atoms with Crippen LogP contribution in [0.15, 0.2) is 35.3 Å². The highest BCUT2D eigenvalue weighted by atomic mass is 19.4. The Hall–Kier alpha value is -3.24. The number of pyridine rings is 1. The molecule has 0 saturated carbocycles. The number of carboxylic acid groups (broad SMARTS) is 1. The largest absolute Gasteiger partial charge is 0.481 e. The van der Waals surface area contributed by atoms with Gasteiger partial charge in [0.05, 0.1) is 12.0 Å². The highest BCUT2D eigenvalue weighted by Gasteiger charge is 2.31. The predicted octanol–water partition coefficient (Wildman–Crippen LogP) is 2.47. The number of halogens is 4. The van der Waals surface area contributed by atoms with Crippen molar-refractivity contribution in [1.82, 2.24) is 9.88 Å². The standard InChI is InChI=1S/C19H18F4N2O5/c1-2-14(17(29)24-13(8-16(27)28)15(26)9-20)25-6-5-10-3-4-11(19(21,22)23)7-12(10)18(25)30/h3-7,13-14H,2,8-9H2,1H3,(H,24,29)(H,27,28)/t13?,14-/m0/s1. The van der Waals surface area contributed by atoms with Crippen LogP contribution >= 0.6 is 0 Å². The second-order valence-electron chi connectivity index (χ2n) is 6.51. The Kier molecular flexibility index (Phi) is 6.96. The number of Topliss-reactive ketones (excluding diaryl/α,β-unsaturated/α-hetero) is 1. The van der Waals surface area contributed by atoms with Crippen molar-refractivity contribution in [3.63, 3.8) is 0 Å². The van der Waals surface area contributed by atoms with Crippen molar-refractivity contribution in [2.45, 2.75) is 38.0 Å². The SMILES string of the molecule is CC[C@@H](C(=O)NC(CC(=O)O)C(=O)CF)n1ccc2ccc(C(F)(F)F)cc2c1=O. The zero-order chi connectivity index (χ0) is 22.6. The van der Waals surface area contributed by atoms with Gasteiger partial charge in [0.25, 0.3) is 5.56 Å². The predicted molar refractivity (Wildman–Crippen MR) is 97.7 cm³/mol. The number of carbonyl (C=O) groups excluding carboxylic acids is 2. The summed E-state index contributed by atoms with van der Waals surface area (Å²) in [5.74, 6) is -3.53. The summed E-state index contributed by atoms with van der Waals surface area (Å²) in [6, 6.07) is 1.11. The van der Waals surface area contributed by atoms with Crippen molar-refractivity contribution < 1.29 is 37.1 Å². The topological polar surface area (TPSA) is 105 Å². The molecule has 2 aromatic rings. The van der Waals surface area contributed by atoms with Crippen LogP contribution in [0.5, 0.6) is 0 Å². The summed E-state index contributed by atoms with van der Waals surface area (Å²) >= 11 is 0. The quantitative estimate of drug-likeness (QED) is 0.626. The van der Waals surface area contributed by atoms with E-state index in [0.717, 1.165) is 16.7 Å². The summed E-state index contributed by atoms with van der Waals surface area (Å²) in [4.78, 5) is 47.8. The Bertz CT molecular complexity index is 1030. The Labute approximate surface area is 167 Å². The smallest absolute Gasteiger partial charge is 0.416 e. The van der Waals surface area contributed by atoms with Crippen LogP contribution in [0, 0.1) is 0 Å². The molecule has 1 amide bonds. The molecule has 0 spiro atoms. The number of aliphatic carboxylic acids is 1. The minimum atomic E-state index is -4.67. The summed E-state index contributed by atoms with van der Waals surface area (Å²) < 4.78 is 52.5. The molecule has 2 rings (SSSR count). The van der Waals surface area contributed by atoms with Crippen molar-refractivity contribution in [2.24, 2.45) is 0 Å². The average molecular weight is 430 g/mol. The normalized spacial score (nSPS) is 13.6. The van der Waals surface area contributed by atoms with Gasteiger partial charge in [0.15, 0.2) is 5.78 Å². The maximum Gasteiger partial charge on any atom is 0.416 e. The van der Waals surface area contributed by atoms with Crippen LogP contribution < -0.4 is 10.9 Å². The first-order valence-electron chi connectivity index (χ1n) is 8.82. The first-order chi connectivity index (χ1) is 14.0. The number of alkyl halides is 4. The molecule has 1 aromatic carbocycles. The molecular formula is C19H18F4N2O5. The van der Waals surface area contributed by atoms with Gasteiger partial charge in [-0.3, -0.25) is 19.2 Å². The zero-order valence-electron chi connectivity index (χ0n) is 15.7. The highest BCUT2D eigenvalue weighted by molar-refractivity contribution is 5.93. The third-order valence-corrected chi connectivity index (χ3v) is 4.50. The van der Waals surface area contributed by atoms with Crippen molar-refractivity contribution in [1.29, 1.82) is 0 Å². The number of rotatable bonds is 8. The number of aromatic nitrogens is 1. The Morgan fingerprint density at radius 3 is 2.40 bits per heavy atom. The number of carbonyl (C=O) groups is 3. The number of fused-ring (bicyclic) bond motifs is 1. The molecule has 0 aliphatic heterocycles. The Morgan fingerprint density at radius 1 is 1.20 bits per heavy atom. The molecule has 7 nitrogen and oxygen atoms in total. The molecule has 0 aliphatic carbocycles. The molecule has 1 aromatic heterocycles. The van der Waals surface area contributed by atoms with Gasteiger partial charge in [-0.2, -0.15) is 13.2 Å². The van der Waals surface area contributed by atoms with Crippen molar-refractivity contribution in [2.75, 3.05) is 6.67 Å². The summed E-state index contributed by atoms with van der Waals surface area (Å²) in [5, 5.41) is 10.9. The molecule has 2 atom stereocenters. The first kappa shape index (κ1) is 23.0. The van der Waals surface area contributed by atoms with E-state index in [0.29, 0.717) is 6.07 Å². The fraction of sp³-hybridized carbons (Fsp3) is 0.368. The van der Waals surface area contributed by atoms with E-state index in [-0.39, 0.29) is 17.2 Å². The summed E-state index contributed by atoms with van der Waals surface area (Å²) in [6.07, 6.45) is -4.30. The van der Waals surface area contributed by atoms with Gasteiger partial charge in [0.2, 0.25) is 5.91 Å². The molecule has 30 heavy (non-hydrogen) atoms. The van der Waals surface area contributed by atoms with Crippen LogP contribution in [-0.2, 0) is 20.6 Å². The van der Waals surface area contributed by atoms with Crippen molar-refractivity contribution >= 4 is 28.4 Å². The molecule has 0 radical (unpaired) electrons. The lowest BCUT2D eigenvalue weighted by Crippen LogP contribution is -2.47. The van der Waals surface area contributed by atoms with Gasteiger partial charge in [-0.15, -0.1) is 0 Å². The van der Waals surface area contributed by atoms with Gasteiger partial charge in [0.1, 0.15) is 18.8 Å². The van der Waals surface area contributed by atoms with Gasteiger partial charge in [-0.05, 0) is 30.0 Å². The maximum absolute atomic E-state index is 13.0. The van der Waals surface area contributed by atoms with Crippen LogP contribution in [0.1, 0.15) is 31.4 Å². The average Bonchev–Trinajstić information content (AvgIpc) is 2.67. The van der Waals surface area contributed by atoms with Crippen LogP contribution in [0.2, 0.25) is 0 Å². The Balaban J connectivity index is 2.45. The number of hydrogen-bond donors (Lipinski definition) is 2. The minimum Gasteiger partial charge on any atom is -0.481 e. The van der Waals surface area contributed by atoms with E-state index in [1.807, 2.05) is 0 Å². The number of amides is 1. The van der Waals surface area contributed by atoms with E-state index in [1.54, 1.807) is 0 Å². The zero-order valence-corrected chi connectivity index (χ0v) is 15.7. The van der Waals surface area contributed by atoms with E-state index < -0.39 is 60.1 Å². The molecule has 2 N–H and O–H groups in total. The van der Waals surface area contributed by atoms with Gasteiger partial charge < -0.3 is 15.0 Å². The lowest BCUT2D eigenvalue weighted by atomic mass is 10.1. The molecule has 1 unspecified atom stereocenters. The molecule has 1 heterocycles. The van der Waals surface area contributed by atoms with Gasteiger partial charge in [0, 0.05) is 11.6 Å². The number of ketones is 1. The van der Waals surface area contributed by atoms with Crippen molar-refractivity contribution in [3.8, 4) is 0 Å². The fourth-order valence-corrected chi connectivity index (χ4v) is 2.97. The number of benzene rings is 1. The number of hydrogen-bond acceptors (Lipinski definition) is 4. The second-order valence-corrected chi connectivity index (χ2v) is 6.51. The summed E-state index contributed by atoms with van der Waals surface area (Å²) in [7, 11) is 0. The van der Waals surface area contributed by atoms with E-state index >= 15 is 0 Å². The Morgan fingerprint density at radius 2 is 1.87 bits per heavy atom. The monoisotopic (exact) mass is 430 g/mol. The highest BCUT2D eigenvalue weighted by Crippen LogP contribution is 2.30. The second kappa shape index (κ2) is 9.06. The lowest BCUT2D eigenvalue weighted by molar-refractivity contribution is -0.140. The molecule has 0 saturated heterocycles. The molecule has 11 heteroatoms. The van der Waals surface area contributed by atoms with E-state index in [4.69, 9.17) is 5.11 Å². The van der Waals surface area contributed by atoms with E-state index in [2.05, 4.69) is 5.32 Å². The number of carboxylic acids is 1. The van der Waals surface area contributed by atoms with Crippen LogP contribution in [0.25, 0.3) is 10.8 Å². The van der Waals surface area contributed by atoms with E-state index in [9.17, 15) is 36.7 Å². The van der Waals surface area contributed by atoms with Gasteiger partial charge >= 0.3 is 12.1 Å². The number of nitrogens with zero attached hydrogens (tertiary/aromatic N) is 1. The minimum absolute atomic E-state index is 0.000183. The van der Waals surface area contributed by atoms with Crippen LogP contribution in [0.3, 0.4) is 0 Å². The third kappa shape index (κ3) is 5.02. The van der Waals surface area contributed by atoms with Crippen LogP contribution in [-0.4, -0.2) is 40.0 Å². The number of nitrogens with one attached hydrogen (secondary N) is 1. The van der Waals surface area contributed by atoms with E-state index in [1.165, 1.54) is 19.2 Å². The van der Waals surface area contributed by atoms with Crippen molar-refractivity contribution in [3.05, 3.63) is 46.4 Å². The lowest BCUT2D eigenvalue weighted by Gasteiger charge is -2.22. The molecule has 0 aliphatic rings. The molecule has 0 bridgehead atoms. The van der Waals surface area contributed by atoms with Crippen LogP contribution in [0.4, 0.5) is 17.6 Å². The maximum atomic E-state index is 13.0. The van der Waals surface area contributed by atoms with Gasteiger partial charge in [-0.25, -0.2) is 4.39 Å². The van der Waals surface area contributed by atoms with Gasteiger partial charge in [-0.1, -0.05) is 13.0 Å². The summed E-state index contributed by atoms with van der Waals surface area (Å²) in [6.45, 7) is 0.0152.